The smallest absolute Gasteiger partial charge is 0.399 e. The molecule has 0 N–H and O–H groups in total. The van der Waals surface area contributed by atoms with Crippen molar-refractivity contribution >= 4 is 6.16 Å². The van der Waals surface area contributed by atoms with Crippen molar-refractivity contribution in [1.29, 1.82) is 0 Å². The van der Waals surface area contributed by atoms with Crippen molar-refractivity contribution in [2.75, 3.05) is 26.4 Å². The van der Waals surface area contributed by atoms with Crippen LogP contribution in [0.15, 0.2) is 25.3 Å². The maximum atomic E-state index is 12.1. The van der Waals surface area contributed by atoms with Gasteiger partial charge in [0.25, 0.3) is 12.6 Å². The molecule has 9 nitrogen and oxygen atoms in total. The predicted molar refractivity (Wildman–Crippen MR) is 101 cm³/mol. The maximum absolute atomic E-state index is 12.1. The van der Waals surface area contributed by atoms with E-state index in [9.17, 15) is 4.79 Å². The molecule has 0 aliphatic rings. The van der Waals surface area contributed by atoms with E-state index in [1.165, 1.54) is 0 Å². The zero-order chi connectivity index (χ0) is 21.6. The summed E-state index contributed by atoms with van der Waals surface area (Å²) in [6, 6.07) is 0. The van der Waals surface area contributed by atoms with Gasteiger partial charge in [-0.25, -0.2) is 14.6 Å². The van der Waals surface area contributed by atoms with Gasteiger partial charge in [-0.2, -0.15) is 9.78 Å². The van der Waals surface area contributed by atoms with E-state index in [0.717, 1.165) is 0 Å². The van der Waals surface area contributed by atoms with Gasteiger partial charge in [-0.1, -0.05) is 12.2 Å². The quantitative estimate of drug-likeness (QED) is 0.107. The minimum absolute atomic E-state index is 0.0891. The lowest BCUT2D eigenvalue weighted by Gasteiger charge is -2.25. The van der Waals surface area contributed by atoms with E-state index >= 15 is 0 Å². The van der Waals surface area contributed by atoms with Gasteiger partial charge in [-0.3, -0.25) is 0 Å². The normalized spacial score (nSPS) is 14.2. The Bertz CT molecular complexity index is 411. The Labute approximate surface area is 167 Å². The zero-order valence-electron chi connectivity index (χ0n) is 17.7. The van der Waals surface area contributed by atoms with Crippen molar-refractivity contribution in [3.05, 3.63) is 25.3 Å². The van der Waals surface area contributed by atoms with E-state index < -0.39 is 29.9 Å². The summed E-state index contributed by atoms with van der Waals surface area (Å²) in [7, 11) is 0. The highest BCUT2D eigenvalue weighted by atomic mass is 17.2. The van der Waals surface area contributed by atoms with Crippen molar-refractivity contribution in [1.82, 2.24) is 0 Å². The predicted octanol–water partition coefficient (Wildman–Crippen LogP) is 3.69. The summed E-state index contributed by atoms with van der Waals surface area (Å²) in [6.07, 6.45) is -0.306. The number of carbonyl (C=O) groups excluding carboxylic acids is 1. The molecule has 0 saturated heterocycles. The summed E-state index contributed by atoms with van der Waals surface area (Å²) in [5.74, 6) is 0. The molecular weight excluding hydrogens is 372 g/mol. The molecule has 164 valence electrons. The van der Waals surface area contributed by atoms with Crippen LogP contribution in [-0.4, -0.2) is 56.4 Å². The number of hydrogen-bond donors (Lipinski definition) is 0. The van der Waals surface area contributed by atoms with Gasteiger partial charge in [0.05, 0.1) is 24.4 Å². The average Bonchev–Trinajstić information content (AvgIpc) is 2.56. The highest BCUT2D eigenvalue weighted by Crippen LogP contribution is 2.13. The summed E-state index contributed by atoms with van der Waals surface area (Å²) in [4.78, 5) is 32.7. The van der Waals surface area contributed by atoms with Crippen LogP contribution in [0.4, 0.5) is 4.79 Å². The van der Waals surface area contributed by atoms with Gasteiger partial charge in [0.1, 0.15) is 13.2 Å². The van der Waals surface area contributed by atoms with Crippen LogP contribution in [0, 0.1) is 0 Å². The SMILES string of the molecule is C=CCOCC(OOC(C)(C)C)OC(=O)OC(COCC=C)OOC(C)(C)C. The molecule has 28 heavy (non-hydrogen) atoms. The fourth-order valence-electron chi connectivity index (χ4n) is 1.30. The molecule has 0 aromatic rings. The molecule has 9 heteroatoms. The molecule has 0 heterocycles. The van der Waals surface area contributed by atoms with E-state index in [1.54, 1.807) is 53.7 Å². The van der Waals surface area contributed by atoms with Gasteiger partial charge < -0.3 is 18.9 Å². The highest BCUT2D eigenvalue weighted by Gasteiger charge is 2.26. The second-order valence-corrected chi connectivity index (χ2v) is 7.58. The summed E-state index contributed by atoms with van der Waals surface area (Å²) in [5.41, 5.74) is -1.23. The average molecular weight is 406 g/mol. The molecule has 0 bridgehead atoms. The van der Waals surface area contributed by atoms with E-state index in [-0.39, 0.29) is 26.4 Å². The molecule has 0 amide bonds. The van der Waals surface area contributed by atoms with Gasteiger partial charge in [-0.05, 0) is 41.5 Å². The first kappa shape index (κ1) is 26.5. The fraction of sp³-hybridized carbons (Fsp3) is 0.737. The van der Waals surface area contributed by atoms with E-state index in [2.05, 4.69) is 13.2 Å². The molecule has 2 atom stereocenters. The first-order valence-corrected chi connectivity index (χ1v) is 8.90. The first-order valence-electron chi connectivity index (χ1n) is 8.90. The Morgan fingerprint density at radius 2 is 1.14 bits per heavy atom. The van der Waals surface area contributed by atoms with Crippen LogP contribution in [0.1, 0.15) is 41.5 Å². The van der Waals surface area contributed by atoms with Crippen molar-refractivity contribution in [2.24, 2.45) is 0 Å². The molecule has 0 rings (SSSR count). The van der Waals surface area contributed by atoms with E-state index in [0.29, 0.717) is 0 Å². The van der Waals surface area contributed by atoms with Gasteiger partial charge >= 0.3 is 6.16 Å². The van der Waals surface area contributed by atoms with Crippen LogP contribution in [0.3, 0.4) is 0 Å². The Morgan fingerprint density at radius 3 is 1.43 bits per heavy atom. The monoisotopic (exact) mass is 406 g/mol. The van der Waals surface area contributed by atoms with Gasteiger partial charge in [0, 0.05) is 0 Å². The number of rotatable bonds is 14. The van der Waals surface area contributed by atoms with Crippen LogP contribution in [0.25, 0.3) is 0 Å². The molecular formula is C19H34O9. The molecule has 0 saturated carbocycles. The van der Waals surface area contributed by atoms with Crippen LogP contribution >= 0.6 is 0 Å². The van der Waals surface area contributed by atoms with E-state index in [1.807, 2.05) is 0 Å². The van der Waals surface area contributed by atoms with Crippen LogP contribution < -0.4 is 0 Å². The lowest BCUT2D eigenvalue weighted by molar-refractivity contribution is -0.425. The van der Waals surface area contributed by atoms with Crippen molar-refractivity contribution in [2.45, 2.75) is 65.3 Å². The Balaban J connectivity index is 4.74. The number of carbonyl (C=O) groups is 1. The van der Waals surface area contributed by atoms with E-state index in [4.69, 9.17) is 38.5 Å². The highest BCUT2D eigenvalue weighted by molar-refractivity contribution is 5.60. The summed E-state index contributed by atoms with van der Waals surface area (Å²) in [6.45, 7) is 18.0. The Kier molecular flexibility index (Phi) is 12.9. The molecule has 0 fully saturated rings. The fourth-order valence-corrected chi connectivity index (χ4v) is 1.30. The molecule has 0 aliphatic carbocycles. The third-order valence-corrected chi connectivity index (χ3v) is 2.25. The van der Waals surface area contributed by atoms with Crippen LogP contribution in [0.5, 0.6) is 0 Å². The summed E-state index contributed by atoms with van der Waals surface area (Å²) < 4.78 is 20.6. The summed E-state index contributed by atoms with van der Waals surface area (Å²) in [5, 5.41) is 0. The standard InChI is InChI=1S/C19H34O9/c1-9-11-21-13-15(25-27-18(3,4)5)23-17(20)24-16(14-22-12-10-2)26-28-19(6,7)8/h9-10,15-16H,1-2,11-14H2,3-8H3. The zero-order valence-corrected chi connectivity index (χ0v) is 17.7. The largest absolute Gasteiger partial charge is 0.513 e. The third kappa shape index (κ3) is 16.7. The second-order valence-electron chi connectivity index (χ2n) is 7.58. The topological polar surface area (TPSA) is 90.9 Å². The van der Waals surface area contributed by atoms with Crippen molar-refractivity contribution < 1.29 is 43.3 Å². The van der Waals surface area contributed by atoms with Crippen LogP contribution in [0.2, 0.25) is 0 Å². The van der Waals surface area contributed by atoms with Gasteiger partial charge in [0.2, 0.25) is 0 Å². The molecule has 0 aliphatic heterocycles. The molecule has 0 aromatic carbocycles. The minimum atomic E-state index is -1.16. The third-order valence-electron chi connectivity index (χ3n) is 2.25. The maximum Gasteiger partial charge on any atom is 0.513 e. The van der Waals surface area contributed by atoms with Crippen molar-refractivity contribution in [3.8, 4) is 0 Å². The number of hydrogen-bond acceptors (Lipinski definition) is 9. The lowest BCUT2D eigenvalue weighted by Crippen LogP contribution is -2.35. The molecule has 0 spiro atoms. The molecule has 2 unspecified atom stereocenters. The molecule has 0 aromatic heterocycles. The Hall–Kier alpha value is -1.49. The van der Waals surface area contributed by atoms with Gasteiger partial charge in [0.15, 0.2) is 0 Å². The minimum Gasteiger partial charge on any atom is -0.399 e. The van der Waals surface area contributed by atoms with Gasteiger partial charge in [-0.15, -0.1) is 13.2 Å². The second kappa shape index (κ2) is 13.6. The lowest BCUT2D eigenvalue weighted by atomic mass is 10.2. The first-order chi connectivity index (χ1) is 13.0. The van der Waals surface area contributed by atoms with Crippen LogP contribution in [-0.2, 0) is 38.5 Å². The number of ether oxygens (including phenoxy) is 4. The summed E-state index contributed by atoms with van der Waals surface area (Å²) >= 11 is 0. The molecule has 0 radical (unpaired) electrons. The Morgan fingerprint density at radius 1 is 0.786 bits per heavy atom. The van der Waals surface area contributed by atoms with Crippen molar-refractivity contribution in [3.63, 3.8) is 0 Å².